The van der Waals surface area contributed by atoms with Gasteiger partial charge in [-0.25, -0.2) is 4.31 Å². The van der Waals surface area contributed by atoms with Gasteiger partial charge in [-0.2, -0.15) is 0 Å². The van der Waals surface area contributed by atoms with Crippen LogP contribution < -0.4 is 0 Å². The molecule has 5 aliphatic carbocycles. The van der Waals surface area contributed by atoms with Crippen LogP contribution in [0.5, 0.6) is 0 Å². The number of hydrogen-bond donors (Lipinski definition) is 1. The Labute approximate surface area is 315 Å². The molecule has 1 unspecified atom stereocenters. The molecule has 0 bridgehead atoms. The monoisotopic (exact) mass is 740 g/mol. The lowest BCUT2D eigenvalue weighted by molar-refractivity contribution is -0.233. The summed E-state index contributed by atoms with van der Waals surface area (Å²) in [4.78, 5) is 69.3. The van der Waals surface area contributed by atoms with Crippen LogP contribution in [0.3, 0.4) is 0 Å². The van der Waals surface area contributed by atoms with Gasteiger partial charge in [0.25, 0.3) is 5.91 Å². The molecule has 1 heterocycles. The van der Waals surface area contributed by atoms with Gasteiger partial charge in [-0.15, -0.1) is 0 Å². The summed E-state index contributed by atoms with van der Waals surface area (Å²) >= 11 is 1.67. The van der Waals surface area contributed by atoms with E-state index in [0.29, 0.717) is 31.3 Å². The number of hydrogen-bond acceptors (Lipinski definition) is 8. The van der Waals surface area contributed by atoms with Crippen LogP contribution in [0, 0.1) is 56.2 Å². The average molecular weight is 741 g/mol. The molecule has 0 aromatic rings. The van der Waals surface area contributed by atoms with E-state index in [1.165, 1.54) is 0 Å². The lowest BCUT2D eigenvalue weighted by Gasteiger charge is -2.72. The Balaban J connectivity index is 1.29. The number of carbonyl (C=O) groups is 5. The number of nitrogens with zero attached hydrogens (tertiary/aromatic N) is 2. The number of ether oxygens (including phenoxy) is 1. The summed E-state index contributed by atoms with van der Waals surface area (Å²) in [6.07, 6.45) is 8.68. The van der Waals surface area contributed by atoms with Crippen molar-refractivity contribution in [2.24, 2.45) is 56.2 Å². The maximum atomic E-state index is 14.7. The molecule has 0 radical (unpaired) electrons. The van der Waals surface area contributed by atoms with E-state index in [1.54, 1.807) is 30.7 Å². The van der Waals surface area contributed by atoms with Gasteiger partial charge in [-0.3, -0.25) is 24.0 Å². The van der Waals surface area contributed by atoms with Gasteiger partial charge >= 0.3 is 11.9 Å². The van der Waals surface area contributed by atoms with Crippen LogP contribution in [0.15, 0.2) is 11.1 Å². The van der Waals surface area contributed by atoms with E-state index in [0.717, 1.165) is 69.2 Å². The van der Waals surface area contributed by atoms with E-state index >= 15 is 0 Å². The number of Topliss-reactive ketones (excluding diaryl/α,β-unsaturated/α-hetero) is 2. The van der Waals surface area contributed by atoms with Crippen molar-refractivity contribution in [3.63, 3.8) is 0 Å². The normalized spacial score (nSPS) is 39.0. The number of rotatable bonds is 8. The van der Waals surface area contributed by atoms with Crippen LogP contribution in [0.25, 0.3) is 0 Å². The molecule has 5 fully saturated rings. The molecule has 52 heavy (non-hydrogen) atoms. The first-order valence-corrected chi connectivity index (χ1v) is 21.1. The summed E-state index contributed by atoms with van der Waals surface area (Å²) in [6.45, 7) is 21.7. The third-order valence-electron chi connectivity index (χ3n) is 16.2. The standard InChI is InChI=1S/C42H64N2O7S/c1-25(2)32-27(45)23-42(34(47)35(48)43-19-21-44(52-10)22-20-43)18-17-40(8)26(33(32)42)11-12-29-39(7)15-14-30(51-31(46)24-37(3,4)36(49)50)38(5,6)28(39)13-16-41(29,40)9/h25-26,28-30H,11-24H2,1-10H3,(H,49,50)/t26-,28?,29-,30+,39+,40-,41-,42-/m1/s1. The van der Waals surface area contributed by atoms with Crippen molar-refractivity contribution in [1.29, 1.82) is 0 Å². The van der Waals surface area contributed by atoms with Crippen LogP contribution in [-0.4, -0.2) is 82.3 Å². The maximum absolute atomic E-state index is 14.7. The fraction of sp³-hybridized carbons (Fsp3) is 0.833. The molecule has 6 aliphatic rings. The largest absolute Gasteiger partial charge is 0.481 e. The first kappa shape index (κ1) is 39.5. The van der Waals surface area contributed by atoms with E-state index in [-0.39, 0.29) is 64.0 Å². The minimum atomic E-state index is -1.18. The Morgan fingerprint density at radius 1 is 0.885 bits per heavy atom. The number of fused-ring (bicyclic) bond motifs is 7. The Kier molecular flexibility index (Phi) is 10.0. The van der Waals surface area contributed by atoms with Gasteiger partial charge in [0.2, 0.25) is 5.78 Å². The number of carbonyl (C=O) groups excluding carboxylic acids is 4. The highest BCUT2D eigenvalue weighted by molar-refractivity contribution is 7.96. The molecule has 10 heteroatoms. The Morgan fingerprint density at radius 3 is 2.13 bits per heavy atom. The molecule has 4 saturated carbocycles. The molecule has 1 saturated heterocycles. The lowest BCUT2D eigenvalue weighted by Crippen LogP contribution is -2.66. The molecule has 0 spiro atoms. The summed E-state index contributed by atoms with van der Waals surface area (Å²) in [6, 6.07) is 0. The molecule has 290 valence electrons. The highest BCUT2D eigenvalue weighted by Crippen LogP contribution is 2.77. The van der Waals surface area contributed by atoms with E-state index in [4.69, 9.17) is 4.74 Å². The predicted molar refractivity (Wildman–Crippen MR) is 202 cm³/mol. The number of amides is 1. The molecular formula is C42H64N2O7S. The van der Waals surface area contributed by atoms with Crippen LogP contribution in [0.1, 0.15) is 127 Å². The van der Waals surface area contributed by atoms with Gasteiger partial charge < -0.3 is 14.7 Å². The van der Waals surface area contributed by atoms with Gasteiger partial charge in [0.15, 0.2) is 5.78 Å². The molecular weight excluding hydrogens is 677 g/mol. The Hall–Kier alpha value is -2.20. The van der Waals surface area contributed by atoms with Crippen molar-refractivity contribution in [3.8, 4) is 0 Å². The second-order valence-electron chi connectivity index (χ2n) is 19.7. The zero-order valence-electron chi connectivity index (χ0n) is 33.5. The number of piperazine rings is 1. The minimum absolute atomic E-state index is 0.00766. The number of carboxylic acid groups (broad SMARTS) is 1. The number of ketones is 2. The third-order valence-corrected chi connectivity index (χ3v) is 17.1. The molecule has 1 amide bonds. The fourth-order valence-electron chi connectivity index (χ4n) is 13.1. The number of aliphatic carboxylic acids is 1. The Bertz CT molecular complexity index is 1560. The number of carboxylic acids is 1. The molecule has 1 aliphatic heterocycles. The quantitative estimate of drug-likeness (QED) is 0.155. The molecule has 1 N–H and O–H groups in total. The Morgan fingerprint density at radius 2 is 1.54 bits per heavy atom. The second kappa shape index (κ2) is 13.2. The van der Waals surface area contributed by atoms with E-state index < -0.39 is 28.7 Å². The summed E-state index contributed by atoms with van der Waals surface area (Å²) in [5.74, 6) is -1.35. The van der Waals surface area contributed by atoms with Crippen molar-refractivity contribution in [2.45, 2.75) is 133 Å². The topological polar surface area (TPSA) is 121 Å². The molecule has 8 atom stereocenters. The summed E-state index contributed by atoms with van der Waals surface area (Å²) in [7, 11) is 0. The highest BCUT2D eigenvalue weighted by atomic mass is 32.2. The van der Waals surface area contributed by atoms with Gasteiger partial charge in [-0.05, 0) is 123 Å². The lowest BCUT2D eigenvalue weighted by atomic mass is 9.33. The van der Waals surface area contributed by atoms with E-state index in [1.807, 2.05) is 6.26 Å². The van der Waals surface area contributed by atoms with Crippen molar-refractivity contribution in [2.75, 3.05) is 32.4 Å². The smallest absolute Gasteiger partial charge is 0.309 e. The predicted octanol–water partition coefficient (Wildman–Crippen LogP) is 7.37. The molecule has 6 rings (SSSR count). The number of esters is 1. The van der Waals surface area contributed by atoms with Crippen molar-refractivity contribution in [3.05, 3.63) is 11.1 Å². The van der Waals surface area contributed by atoms with Crippen LogP contribution in [0.2, 0.25) is 0 Å². The number of allylic oxidation sites excluding steroid dienone is 2. The second-order valence-corrected chi connectivity index (χ2v) is 20.6. The minimum Gasteiger partial charge on any atom is -0.481 e. The van der Waals surface area contributed by atoms with Gasteiger partial charge in [0.05, 0.1) is 17.3 Å². The van der Waals surface area contributed by atoms with E-state index in [2.05, 4.69) is 52.8 Å². The van der Waals surface area contributed by atoms with Crippen LogP contribution in [-0.2, 0) is 28.7 Å². The zero-order chi connectivity index (χ0) is 38.4. The summed E-state index contributed by atoms with van der Waals surface area (Å²) in [5.41, 5.74) is -0.826. The molecule has 9 nitrogen and oxygen atoms in total. The summed E-state index contributed by atoms with van der Waals surface area (Å²) < 4.78 is 8.37. The van der Waals surface area contributed by atoms with Gasteiger partial charge in [0, 0.05) is 38.0 Å². The maximum Gasteiger partial charge on any atom is 0.309 e. The first-order valence-electron chi connectivity index (χ1n) is 19.9. The van der Waals surface area contributed by atoms with Gasteiger partial charge in [0.1, 0.15) is 6.10 Å². The fourth-order valence-corrected chi connectivity index (χ4v) is 13.7. The van der Waals surface area contributed by atoms with Crippen LogP contribution >= 0.6 is 11.9 Å². The third kappa shape index (κ3) is 5.76. The zero-order valence-corrected chi connectivity index (χ0v) is 34.3. The average Bonchev–Trinajstić information content (AvgIpc) is 3.38. The molecule has 0 aromatic carbocycles. The first-order chi connectivity index (χ1) is 24.1. The van der Waals surface area contributed by atoms with E-state index in [9.17, 15) is 29.1 Å². The van der Waals surface area contributed by atoms with Gasteiger partial charge in [-0.1, -0.05) is 60.4 Å². The highest BCUT2D eigenvalue weighted by Gasteiger charge is 2.71. The van der Waals surface area contributed by atoms with Crippen molar-refractivity contribution in [1.82, 2.24) is 9.21 Å². The molecule has 0 aromatic heterocycles. The van der Waals surface area contributed by atoms with Crippen LogP contribution in [0.4, 0.5) is 0 Å². The van der Waals surface area contributed by atoms with Crippen molar-refractivity contribution >= 4 is 41.4 Å². The summed E-state index contributed by atoms with van der Waals surface area (Å²) in [5, 5.41) is 9.60. The SMILES string of the molecule is CSN1CCN(C(=O)C(=O)[C@@]23CC[C@]4(C)[C@H](CC[C@@H]5[C@@]6(C)CC[C@H](OC(=O)CC(C)(C)C(=O)O)C(C)(C)C6CC[C@]54C)C2=C(C(C)C)C(=O)C3)CC1. The van der Waals surface area contributed by atoms with Crippen molar-refractivity contribution < 1.29 is 33.8 Å².